The van der Waals surface area contributed by atoms with Crippen molar-refractivity contribution < 1.29 is 30.1 Å². The maximum absolute atomic E-state index is 9.53. The van der Waals surface area contributed by atoms with E-state index in [1.54, 1.807) is 34.1 Å². The zero-order valence-electron chi connectivity index (χ0n) is 19.6. The molecule has 0 heterocycles. The van der Waals surface area contributed by atoms with E-state index in [1.807, 2.05) is 0 Å². The molecule has 0 saturated heterocycles. The van der Waals surface area contributed by atoms with Gasteiger partial charge in [-0.1, -0.05) is 73.6 Å². The second kappa shape index (κ2) is 23.8. The molecule has 27 heavy (non-hydrogen) atoms. The molecule has 0 aromatic rings. The quantitative estimate of drug-likeness (QED) is 0.356. The van der Waals surface area contributed by atoms with Gasteiger partial charge < -0.3 is 10.2 Å². The molecule has 0 N–H and O–H groups in total. The summed E-state index contributed by atoms with van der Waals surface area (Å²) in [5.74, 6) is 0. The molecule has 1 fully saturated rings. The van der Waals surface area contributed by atoms with E-state index >= 15 is 0 Å². The number of hydrogen-bond donors (Lipinski definition) is 0. The van der Waals surface area contributed by atoms with Gasteiger partial charge in [0, 0.05) is 0 Å². The van der Waals surface area contributed by atoms with Crippen molar-refractivity contribution in [1.29, 1.82) is 0 Å². The molecule has 0 aliphatic heterocycles. The van der Waals surface area contributed by atoms with Gasteiger partial charge in [0.1, 0.15) is 0 Å². The first kappa shape index (κ1) is 33.1. The van der Waals surface area contributed by atoms with Crippen LogP contribution < -0.4 is 10.2 Å². The van der Waals surface area contributed by atoms with Gasteiger partial charge in [0.15, 0.2) is 0 Å². The molecule has 5 heteroatoms. The Morgan fingerprint density at radius 3 is 1.63 bits per heavy atom. The van der Waals surface area contributed by atoms with Crippen molar-refractivity contribution in [3.63, 3.8) is 0 Å². The summed E-state index contributed by atoms with van der Waals surface area (Å²) in [6.07, 6.45) is 14.0. The third-order valence-corrected chi connectivity index (χ3v) is 5.78. The number of hydrogen-bond acceptors (Lipinski definition) is 2. The summed E-state index contributed by atoms with van der Waals surface area (Å²) in [4.78, 5) is 0. The average molecular weight is 455 g/mol. The Morgan fingerprint density at radius 1 is 0.963 bits per heavy atom. The SMILES string of the molecule is CC(C)[O-].CC(C)[O-].CCCCC1(CCCC)CCCC(PC)C1.C[PH][Ti+2]. The molecule has 1 saturated carbocycles. The van der Waals surface area contributed by atoms with Gasteiger partial charge in [0.2, 0.25) is 0 Å². The topological polar surface area (TPSA) is 46.1 Å². The molecule has 163 valence electrons. The molecule has 0 radical (unpaired) electrons. The number of unbranched alkanes of at least 4 members (excludes halogenated alkanes) is 2. The molecule has 0 aromatic heterocycles. The van der Waals surface area contributed by atoms with Crippen LogP contribution in [-0.2, 0) is 19.9 Å². The van der Waals surface area contributed by atoms with Crippen molar-refractivity contribution >= 4 is 15.2 Å². The van der Waals surface area contributed by atoms with Gasteiger partial charge in [-0.3, -0.25) is 0 Å². The van der Waals surface area contributed by atoms with Gasteiger partial charge in [-0.05, 0) is 49.8 Å². The Kier molecular flexibility index (Phi) is 29.2. The van der Waals surface area contributed by atoms with Gasteiger partial charge >= 0.3 is 33.2 Å². The van der Waals surface area contributed by atoms with E-state index in [9.17, 15) is 10.2 Å². The van der Waals surface area contributed by atoms with E-state index in [4.69, 9.17) is 0 Å². The van der Waals surface area contributed by atoms with Crippen molar-refractivity contribution in [3.8, 4) is 0 Å². The molecule has 2 nitrogen and oxygen atoms in total. The molecular formula is C22H49O2P2Ti. The molecule has 0 amide bonds. The average Bonchev–Trinajstić information content (AvgIpc) is 2.58. The van der Waals surface area contributed by atoms with Gasteiger partial charge in [-0.25, -0.2) is 0 Å². The van der Waals surface area contributed by atoms with Gasteiger partial charge in [0.25, 0.3) is 0 Å². The summed E-state index contributed by atoms with van der Waals surface area (Å²) in [5.41, 5.74) is 1.83. The van der Waals surface area contributed by atoms with Crippen LogP contribution in [0.1, 0.15) is 106 Å². The van der Waals surface area contributed by atoms with E-state index in [2.05, 4.69) is 47.1 Å². The first-order valence-electron chi connectivity index (χ1n) is 11.0. The first-order chi connectivity index (χ1) is 12.6. The first-order valence-corrected chi connectivity index (χ1v) is 16.4. The van der Waals surface area contributed by atoms with E-state index in [1.165, 1.54) is 66.4 Å². The molecule has 0 spiro atoms. The van der Waals surface area contributed by atoms with Crippen molar-refractivity contribution in [3.05, 3.63) is 0 Å². The van der Waals surface area contributed by atoms with Crippen LogP contribution in [0.15, 0.2) is 0 Å². The third kappa shape index (κ3) is 27.5. The van der Waals surface area contributed by atoms with Crippen LogP contribution in [0.25, 0.3) is 0 Å². The Labute approximate surface area is 187 Å². The van der Waals surface area contributed by atoms with Crippen LogP contribution in [0, 0.1) is 5.41 Å². The van der Waals surface area contributed by atoms with E-state index in [0.717, 1.165) is 17.6 Å². The van der Waals surface area contributed by atoms with Gasteiger partial charge in [-0.2, -0.15) is 0 Å². The predicted molar refractivity (Wildman–Crippen MR) is 122 cm³/mol. The second-order valence-electron chi connectivity index (χ2n) is 8.14. The fourth-order valence-corrected chi connectivity index (χ4v) is 4.51. The molecular weight excluding hydrogens is 406 g/mol. The third-order valence-electron chi connectivity index (χ3n) is 4.47. The van der Waals surface area contributed by atoms with E-state index in [-0.39, 0.29) is 0 Å². The molecule has 1 aliphatic rings. The standard InChI is InChI=1S/C15H31P.2C3H7O.CH4P.Ti/c1-4-6-10-15(11-7-5-2)12-8-9-14(13-15)16-3;2*1-3(2)4;1-2;/h14,16H,4-13H2,1-3H3;2*3H,1-2H3;2H,1H3;/q;3*-1;+3. The fraction of sp³-hybridized carbons (Fsp3) is 1.00. The van der Waals surface area contributed by atoms with E-state index in [0.29, 0.717) is 0 Å². The minimum atomic E-state index is -0.417. The molecule has 1 rings (SSSR count). The Hall–Kier alpha value is 1.49. The van der Waals surface area contributed by atoms with Crippen LogP contribution in [-0.4, -0.2) is 31.2 Å². The van der Waals surface area contributed by atoms with Crippen LogP contribution in [0.4, 0.5) is 0 Å². The number of rotatable bonds is 7. The van der Waals surface area contributed by atoms with Crippen molar-refractivity contribution in [2.45, 2.75) is 124 Å². The summed E-state index contributed by atoms with van der Waals surface area (Å²) in [7, 11) is 1.18. The summed E-state index contributed by atoms with van der Waals surface area (Å²) < 4.78 is 0. The molecule has 3 atom stereocenters. The monoisotopic (exact) mass is 455 g/mol. The fourth-order valence-electron chi connectivity index (χ4n) is 3.38. The van der Waals surface area contributed by atoms with Crippen molar-refractivity contribution in [2.75, 3.05) is 13.3 Å². The molecule has 1 aliphatic carbocycles. The zero-order valence-corrected chi connectivity index (χ0v) is 23.2. The second-order valence-corrected chi connectivity index (χ2v) is 12.4. The maximum atomic E-state index is 9.53. The van der Waals surface area contributed by atoms with Gasteiger partial charge in [-0.15, -0.1) is 20.8 Å². The molecule has 3 unspecified atom stereocenters. The Morgan fingerprint density at radius 2 is 1.33 bits per heavy atom. The van der Waals surface area contributed by atoms with Crippen molar-refractivity contribution in [1.82, 2.24) is 0 Å². The summed E-state index contributed by atoms with van der Waals surface area (Å²) in [6, 6.07) is 0. The minimum absolute atomic E-state index is 0.417. The van der Waals surface area contributed by atoms with Crippen LogP contribution in [0.5, 0.6) is 0 Å². The van der Waals surface area contributed by atoms with Crippen molar-refractivity contribution in [2.24, 2.45) is 5.41 Å². The Balaban J connectivity index is -0.000000432. The van der Waals surface area contributed by atoms with Crippen LogP contribution in [0.3, 0.4) is 0 Å². The molecule has 0 aromatic carbocycles. The summed E-state index contributed by atoms with van der Waals surface area (Å²) in [6.45, 7) is 16.8. The predicted octanol–water partition coefficient (Wildman–Crippen LogP) is 5.87. The Bertz CT molecular complexity index is 258. The van der Waals surface area contributed by atoms with E-state index < -0.39 is 12.2 Å². The summed E-state index contributed by atoms with van der Waals surface area (Å²) >= 11 is 2.15. The van der Waals surface area contributed by atoms with Crippen LogP contribution in [0.2, 0.25) is 0 Å². The normalized spacial score (nSPS) is 18.8. The van der Waals surface area contributed by atoms with Gasteiger partial charge in [0.05, 0.1) is 0 Å². The van der Waals surface area contributed by atoms with Crippen LogP contribution >= 0.6 is 15.2 Å². The summed E-state index contributed by atoms with van der Waals surface area (Å²) in [5, 5.41) is 19.1. The zero-order chi connectivity index (χ0) is 21.7. The molecule has 0 bridgehead atoms.